The van der Waals surface area contributed by atoms with Crippen molar-refractivity contribution in [3.05, 3.63) is 51.6 Å². The number of methoxy groups -OCH3 is 1. The fraction of sp³-hybridized carbons (Fsp3) is 0.548. The van der Waals surface area contributed by atoms with E-state index in [2.05, 4.69) is 4.90 Å². The maximum atomic E-state index is 13.7. The Morgan fingerprint density at radius 2 is 1.87 bits per heavy atom. The van der Waals surface area contributed by atoms with Crippen molar-refractivity contribution in [3.8, 4) is 17.2 Å². The van der Waals surface area contributed by atoms with Crippen LogP contribution in [0.5, 0.6) is 17.2 Å². The number of ketones is 1. The molecule has 45 heavy (non-hydrogen) atoms. The van der Waals surface area contributed by atoms with Gasteiger partial charge >= 0.3 is 0 Å². The fourth-order valence-electron chi connectivity index (χ4n) is 7.10. The number of nitrogens with zero attached hydrogens (tertiary/aromatic N) is 1. The number of aliphatic hydroxyl groups excluding tert-OH is 3. The van der Waals surface area contributed by atoms with E-state index < -0.39 is 66.6 Å². The van der Waals surface area contributed by atoms with Gasteiger partial charge in [-0.2, -0.15) is 0 Å². The van der Waals surface area contributed by atoms with Crippen LogP contribution in [0.3, 0.4) is 0 Å². The lowest BCUT2D eigenvalue weighted by atomic mass is 9.71. The first-order chi connectivity index (χ1) is 21.0. The zero-order chi connectivity index (χ0) is 31.5. The van der Waals surface area contributed by atoms with E-state index in [1.165, 1.54) is 13.2 Å². The fourth-order valence-corrected chi connectivity index (χ4v) is 7.10. The summed E-state index contributed by atoms with van der Waals surface area (Å²) < 4.78 is 23.3. The van der Waals surface area contributed by atoms with Gasteiger partial charge in [-0.1, -0.05) is 12.1 Å². The van der Waals surface area contributed by atoms with E-state index in [9.17, 15) is 35.4 Å². The van der Waals surface area contributed by atoms with Gasteiger partial charge in [0.05, 0.1) is 73.2 Å². The molecule has 0 spiro atoms. The van der Waals surface area contributed by atoms with Gasteiger partial charge in [-0.25, -0.2) is 0 Å². The van der Waals surface area contributed by atoms with Crippen molar-refractivity contribution < 1.29 is 54.4 Å². The van der Waals surface area contributed by atoms with Crippen LogP contribution in [0.15, 0.2) is 18.2 Å². The second kappa shape index (κ2) is 12.7. The van der Waals surface area contributed by atoms with E-state index in [0.717, 1.165) is 0 Å². The summed E-state index contributed by atoms with van der Waals surface area (Å²) in [5, 5.41) is 75.3. The average molecular weight is 651 g/mol. The number of halogens is 1. The van der Waals surface area contributed by atoms with Crippen LogP contribution in [0.1, 0.15) is 64.0 Å². The summed E-state index contributed by atoms with van der Waals surface area (Å²) in [5.41, 5.74) is -2.52. The molecule has 7 N–H and O–H groups in total. The number of phenols is 2. The van der Waals surface area contributed by atoms with Crippen molar-refractivity contribution >= 4 is 23.9 Å². The number of morpholine rings is 1. The Hall–Kier alpha value is -2.85. The summed E-state index contributed by atoms with van der Waals surface area (Å²) in [6, 6.07) is 4.32. The van der Waals surface area contributed by atoms with E-state index >= 15 is 0 Å². The Morgan fingerprint density at radius 1 is 1.16 bits per heavy atom. The van der Waals surface area contributed by atoms with Gasteiger partial charge < -0.3 is 49.6 Å². The normalized spacial score (nSPS) is 30.5. The first kappa shape index (κ1) is 33.5. The average Bonchev–Trinajstić information content (AvgIpc) is 3.02. The van der Waals surface area contributed by atoms with Crippen molar-refractivity contribution in [2.45, 2.75) is 68.5 Å². The number of carbonyl (C=O) groups excluding carboxylic acids is 1. The second-order valence-corrected chi connectivity index (χ2v) is 11.9. The third-order valence-corrected chi connectivity index (χ3v) is 9.45. The minimum atomic E-state index is -2.01. The van der Waals surface area contributed by atoms with Gasteiger partial charge in [0.25, 0.3) is 0 Å². The first-order valence-electron chi connectivity index (χ1n) is 14.7. The molecule has 2 aliphatic carbocycles. The molecule has 246 valence electrons. The van der Waals surface area contributed by atoms with Gasteiger partial charge in [-0.3, -0.25) is 15.1 Å². The molecule has 13 nitrogen and oxygen atoms in total. The highest BCUT2D eigenvalue weighted by Gasteiger charge is 2.50. The van der Waals surface area contributed by atoms with Gasteiger partial charge in [0.1, 0.15) is 23.4 Å². The largest absolute Gasteiger partial charge is 0.507 e. The van der Waals surface area contributed by atoms with Gasteiger partial charge in [-0.15, -0.1) is 12.4 Å². The van der Waals surface area contributed by atoms with Crippen LogP contribution in [0, 0.1) is 5.41 Å². The van der Waals surface area contributed by atoms with Crippen molar-refractivity contribution in [2.24, 2.45) is 0 Å². The number of aromatic hydroxyl groups is 2. The molecule has 6 unspecified atom stereocenters. The zero-order valence-corrected chi connectivity index (χ0v) is 25.7. The lowest BCUT2D eigenvalue weighted by Gasteiger charge is -2.46. The summed E-state index contributed by atoms with van der Waals surface area (Å²) in [5.74, 6) is -1.45. The lowest BCUT2D eigenvalue weighted by Crippen LogP contribution is -2.58. The summed E-state index contributed by atoms with van der Waals surface area (Å²) in [6.07, 6.45) is -5.74. The van der Waals surface area contributed by atoms with Crippen LogP contribution in [-0.2, 0) is 20.6 Å². The number of phenolic OH excluding ortho intramolecular Hbond substituents is 2. The number of carbonyl (C=O) groups is 1. The van der Waals surface area contributed by atoms with Crippen LogP contribution < -0.4 is 4.74 Å². The smallest absolute Gasteiger partial charge is 0.198 e. The van der Waals surface area contributed by atoms with Gasteiger partial charge in [-0.05, 0) is 13.0 Å². The van der Waals surface area contributed by atoms with E-state index in [1.54, 1.807) is 19.1 Å². The van der Waals surface area contributed by atoms with Crippen LogP contribution >= 0.6 is 12.4 Å². The number of rotatable bonds is 6. The highest BCUT2D eigenvalue weighted by atomic mass is 35.5. The molecule has 2 saturated heterocycles. The highest BCUT2D eigenvalue weighted by molar-refractivity contribution is 6.32. The number of fused-ring (bicyclic) bond motifs is 3. The molecular weight excluding hydrogens is 612 g/mol. The Labute approximate surface area is 265 Å². The van der Waals surface area contributed by atoms with Gasteiger partial charge in [0.2, 0.25) is 0 Å². The van der Waals surface area contributed by atoms with Crippen molar-refractivity contribution in [1.82, 2.24) is 4.90 Å². The number of aliphatic hydroxyl groups is 4. The zero-order valence-electron chi connectivity index (χ0n) is 24.9. The van der Waals surface area contributed by atoms with Crippen LogP contribution in [0.4, 0.5) is 0 Å². The molecular formula is C31H39ClN2O11. The van der Waals surface area contributed by atoms with Crippen LogP contribution in [0.2, 0.25) is 0 Å². The summed E-state index contributed by atoms with van der Waals surface area (Å²) >= 11 is 0. The molecule has 2 aromatic carbocycles. The van der Waals surface area contributed by atoms with E-state index in [4.69, 9.17) is 24.4 Å². The molecule has 0 radical (unpaired) electrons. The molecule has 2 aromatic rings. The molecule has 0 saturated carbocycles. The van der Waals surface area contributed by atoms with E-state index in [-0.39, 0.29) is 76.1 Å². The topological polar surface area (TPSA) is 202 Å². The molecule has 2 heterocycles. The summed E-state index contributed by atoms with van der Waals surface area (Å²) in [6.45, 7) is 3.17. The predicted octanol–water partition coefficient (Wildman–Crippen LogP) is 0.774. The van der Waals surface area contributed by atoms with Gasteiger partial charge in [0.15, 0.2) is 12.1 Å². The number of hydrogen-bond acceptors (Lipinski definition) is 13. The molecule has 14 heteroatoms. The molecule has 0 aromatic heterocycles. The lowest BCUT2D eigenvalue weighted by molar-refractivity contribution is -0.263. The molecule has 6 rings (SSSR count). The van der Waals surface area contributed by atoms with Crippen molar-refractivity contribution in [3.63, 3.8) is 0 Å². The van der Waals surface area contributed by atoms with Crippen LogP contribution in [0.25, 0.3) is 0 Å². The monoisotopic (exact) mass is 650 g/mol. The molecule has 4 aliphatic rings. The number of ether oxygens (including phenoxy) is 4. The molecule has 2 fully saturated rings. The third-order valence-electron chi connectivity index (χ3n) is 9.45. The van der Waals surface area contributed by atoms with Crippen molar-refractivity contribution in [2.75, 3.05) is 40.0 Å². The standard InChI is InChI=1S/C31H38N2O11.ClH/c1-14-27(36)17(33-6-8-42-9-7-33)10-21(43-14)44-19-12-31(40,20(35)13-34)11-16-23(19)30(39)24-25(29(16)38)28(37)15-4-3-5-18(41-2)22(15)26(24)32;/h3-5,14,17,19-21,27,32,34-36,38-40H,6-13H2,1-2H3;1H/t14?,17?,19?,20?,21?,27?,31-;/m0./s1. The Balaban J connectivity index is 0.00000400. The Bertz CT molecular complexity index is 1480. The third kappa shape index (κ3) is 5.49. The molecule has 0 amide bonds. The van der Waals surface area contributed by atoms with Crippen molar-refractivity contribution in [1.29, 1.82) is 5.41 Å². The second-order valence-electron chi connectivity index (χ2n) is 11.9. The SMILES string of the molecule is COc1cccc2c1C(=N)c1c(O)c3c(c(O)c1C2=O)C[C@@](O)(C(O)CO)CC3OC1CC(N2CCOCC2)C(O)C(C)O1.Cl. The maximum absolute atomic E-state index is 13.7. The maximum Gasteiger partial charge on any atom is 0.198 e. The highest BCUT2D eigenvalue weighted by Crippen LogP contribution is 2.53. The predicted molar refractivity (Wildman–Crippen MR) is 161 cm³/mol. The minimum absolute atomic E-state index is 0. The molecule has 7 atom stereocenters. The number of hydrogen-bond donors (Lipinski definition) is 7. The quantitative estimate of drug-likeness (QED) is 0.185. The molecule has 2 aliphatic heterocycles. The van der Waals surface area contributed by atoms with Crippen LogP contribution in [-0.4, -0.2) is 123 Å². The Morgan fingerprint density at radius 3 is 2.53 bits per heavy atom. The van der Waals surface area contributed by atoms with E-state index in [0.29, 0.717) is 26.3 Å². The molecule has 0 bridgehead atoms. The summed E-state index contributed by atoms with van der Waals surface area (Å²) in [7, 11) is 1.40. The Kier molecular flexibility index (Phi) is 9.49. The summed E-state index contributed by atoms with van der Waals surface area (Å²) in [4.78, 5) is 15.8. The number of nitrogens with one attached hydrogen (secondary N) is 1. The first-order valence-corrected chi connectivity index (χ1v) is 14.7. The number of benzene rings is 2. The van der Waals surface area contributed by atoms with E-state index in [1.807, 2.05) is 0 Å². The minimum Gasteiger partial charge on any atom is -0.507 e. The van der Waals surface area contributed by atoms with Gasteiger partial charge in [0, 0.05) is 55.1 Å².